The second-order valence-electron chi connectivity index (χ2n) is 5.91. The highest BCUT2D eigenvalue weighted by Crippen LogP contribution is 2.30. The van der Waals surface area contributed by atoms with E-state index in [1.165, 1.54) is 4.90 Å². The van der Waals surface area contributed by atoms with Crippen LogP contribution in [0.15, 0.2) is 42.5 Å². The maximum Gasteiger partial charge on any atom is 0.244 e. The molecule has 2 aromatic carbocycles. The van der Waals surface area contributed by atoms with Gasteiger partial charge in [-0.3, -0.25) is 14.5 Å². The summed E-state index contributed by atoms with van der Waals surface area (Å²) in [4.78, 5) is 26.3. The molecular formula is C19H20N2O3. The van der Waals surface area contributed by atoms with Gasteiger partial charge in [0, 0.05) is 5.69 Å². The van der Waals surface area contributed by atoms with Gasteiger partial charge in [-0.25, -0.2) is 0 Å². The number of para-hydroxylation sites is 2. The Morgan fingerprint density at radius 2 is 2.00 bits per heavy atom. The first-order chi connectivity index (χ1) is 11.5. The number of hydrogen-bond donors (Lipinski definition) is 1. The summed E-state index contributed by atoms with van der Waals surface area (Å²) in [5, 5.41) is 2.88. The molecule has 2 aromatic rings. The first kappa shape index (κ1) is 16.1. The zero-order chi connectivity index (χ0) is 17.1. The molecule has 1 heterocycles. The molecule has 0 aromatic heterocycles. The number of benzene rings is 2. The van der Waals surface area contributed by atoms with E-state index in [9.17, 15) is 9.59 Å². The molecule has 1 aliphatic rings. The number of aryl methyl sites for hydroxylation is 2. The molecule has 0 unspecified atom stereocenters. The summed E-state index contributed by atoms with van der Waals surface area (Å²) in [6.07, 6.45) is 0.255. The molecule has 0 fully saturated rings. The largest absolute Gasteiger partial charge is 0.491 e. The normalized spacial score (nSPS) is 13.8. The number of carbonyl (C=O) groups excluding carboxylic acids is 2. The average Bonchev–Trinajstić information content (AvgIpc) is 2.70. The van der Waals surface area contributed by atoms with E-state index in [4.69, 9.17) is 4.74 Å². The monoisotopic (exact) mass is 324 g/mol. The van der Waals surface area contributed by atoms with E-state index in [1.807, 2.05) is 50.2 Å². The Hall–Kier alpha value is -2.82. The van der Waals surface area contributed by atoms with Crippen LogP contribution in [0.1, 0.15) is 17.5 Å². The Morgan fingerprint density at radius 3 is 2.79 bits per heavy atom. The smallest absolute Gasteiger partial charge is 0.244 e. The molecule has 1 N–H and O–H groups in total. The van der Waals surface area contributed by atoms with Crippen molar-refractivity contribution in [1.82, 2.24) is 0 Å². The standard InChI is InChI=1S/C19H20N2O3/c1-13-7-8-15(14(2)11-13)20-18(22)12-21-16-5-3-4-6-17(16)24-10-9-19(21)23/h3-8,11H,9-10,12H2,1-2H3,(H,20,22). The minimum atomic E-state index is -0.230. The van der Waals surface area contributed by atoms with Gasteiger partial charge in [-0.1, -0.05) is 29.8 Å². The van der Waals surface area contributed by atoms with Gasteiger partial charge in [-0.05, 0) is 37.6 Å². The van der Waals surface area contributed by atoms with Crippen LogP contribution in [0.2, 0.25) is 0 Å². The molecular weight excluding hydrogens is 304 g/mol. The van der Waals surface area contributed by atoms with Crippen LogP contribution >= 0.6 is 0 Å². The van der Waals surface area contributed by atoms with Crippen molar-refractivity contribution < 1.29 is 14.3 Å². The third-order valence-corrected chi connectivity index (χ3v) is 3.99. The molecule has 3 rings (SSSR count). The van der Waals surface area contributed by atoms with E-state index in [0.717, 1.165) is 16.8 Å². The van der Waals surface area contributed by atoms with E-state index < -0.39 is 0 Å². The highest BCUT2D eigenvalue weighted by molar-refractivity contribution is 6.03. The number of hydrogen-bond acceptors (Lipinski definition) is 3. The molecule has 0 bridgehead atoms. The lowest BCUT2D eigenvalue weighted by Gasteiger charge is -2.21. The van der Waals surface area contributed by atoms with Crippen molar-refractivity contribution in [3.05, 3.63) is 53.6 Å². The van der Waals surface area contributed by atoms with Gasteiger partial charge >= 0.3 is 0 Å². The molecule has 0 atom stereocenters. The Bertz CT molecular complexity index is 786. The highest BCUT2D eigenvalue weighted by Gasteiger charge is 2.25. The van der Waals surface area contributed by atoms with Gasteiger partial charge in [0.2, 0.25) is 11.8 Å². The van der Waals surface area contributed by atoms with Crippen molar-refractivity contribution in [1.29, 1.82) is 0 Å². The highest BCUT2D eigenvalue weighted by atomic mass is 16.5. The number of amides is 2. The summed E-state index contributed by atoms with van der Waals surface area (Å²) in [7, 11) is 0. The van der Waals surface area contributed by atoms with E-state index in [2.05, 4.69) is 5.32 Å². The van der Waals surface area contributed by atoms with Gasteiger partial charge in [-0.2, -0.15) is 0 Å². The van der Waals surface area contributed by atoms with Crippen LogP contribution in [0.25, 0.3) is 0 Å². The molecule has 0 saturated heterocycles. The van der Waals surface area contributed by atoms with Gasteiger partial charge in [0.05, 0.1) is 18.7 Å². The number of nitrogens with one attached hydrogen (secondary N) is 1. The molecule has 0 spiro atoms. The summed E-state index contributed by atoms with van der Waals surface area (Å²) in [5.74, 6) is 0.283. The van der Waals surface area contributed by atoms with Crippen molar-refractivity contribution in [2.45, 2.75) is 20.3 Å². The molecule has 124 valence electrons. The lowest BCUT2D eigenvalue weighted by molar-refractivity contribution is -0.121. The second-order valence-corrected chi connectivity index (χ2v) is 5.91. The van der Waals surface area contributed by atoms with Crippen LogP contribution < -0.4 is 15.0 Å². The fourth-order valence-corrected chi connectivity index (χ4v) is 2.78. The summed E-state index contributed by atoms with van der Waals surface area (Å²) >= 11 is 0. The van der Waals surface area contributed by atoms with E-state index >= 15 is 0 Å². The molecule has 5 heteroatoms. The third-order valence-electron chi connectivity index (χ3n) is 3.99. The van der Waals surface area contributed by atoms with E-state index in [0.29, 0.717) is 18.0 Å². The Kier molecular flexibility index (Phi) is 4.51. The SMILES string of the molecule is Cc1ccc(NC(=O)CN2C(=O)CCOc3ccccc32)c(C)c1. The fourth-order valence-electron chi connectivity index (χ4n) is 2.78. The summed E-state index contributed by atoms with van der Waals surface area (Å²) in [5.41, 5.74) is 3.53. The summed E-state index contributed by atoms with van der Waals surface area (Å²) < 4.78 is 5.59. The van der Waals surface area contributed by atoms with Crippen LogP contribution in [-0.4, -0.2) is 25.0 Å². The van der Waals surface area contributed by atoms with Gasteiger partial charge in [0.25, 0.3) is 0 Å². The molecule has 1 aliphatic heterocycles. The quantitative estimate of drug-likeness (QED) is 0.944. The lowest BCUT2D eigenvalue weighted by atomic mass is 10.1. The molecule has 0 aliphatic carbocycles. The first-order valence-electron chi connectivity index (χ1n) is 7.94. The lowest BCUT2D eigenvalue weighted by Crippen LogP contribution is -2.37. The summed E-state index contributed by atoms with van der Waals surface area (Å²) in [6, 6.07) is 13.1. The maximum atomic E-state index is 12.4. The number of anilines is 2. The molecule has 0 radical (unpaired) electrons. The predicted molar refractivity (Wildman–Crippen MR) is 93.5 cm³/mol. The second kappa shape index (κ2) is 6.74. The Morgan fingerprint density at radius 1 is 1.21 bits per heavy atom. The minimum absolute atomic E-state index is 0.0352. The van der Waals surface area contributed by atoms with Crippen LogP contribution in [0.4, 0.5) is 11.4 Å². The first-order valence-corrected chi connectivity index (χ1v) is 7.94. The number of nitrogens with zero attached hydrogens (tertiary/aromatic N) is 1. The number of fused-ring (bicyclic) bond motifs is 1. The number of carbonyl (C=O) groups is 2. The van der Waals surface area contributed by atoms with Gasteiger partial charge < -0.3 is 10.1 Å². The minimum Gasteiger partial charge on any atom is -0.491 e. The Labute approximate surface area is 141 Å². The topological polar surface area (TPSA) is 58.6 Å². The molecule has 5 nitrogen and oxygen atoms in total. The fraction of sp³-hybridized carbons (Fsp3) is 0.263. The van der Waals surface area contributed by atoms with E-state index in [-0.39, 0.29) is 24.8 Å². The van der Waals surface area contributed by atoms with Crippen LogP contribution in [0.3, 0.4) is 0 Å². The maximum absolute atomic E-state index is 12.4. The van der Waals surface area contributed by atoms with Crippen molar-refractivity contribution in [2.75, 3.05) is 23.4 Å². The van der Waals surface area contributed by atoms with Crippen LogP contribution in [0, 0.1) is 13.8 Å². The number of ether oxygens (including phenoxy) is 1. The predicted octanol–water partition coefficient (Wildman–Crippen LogP) is 3.06. The van der Waals surface area contributed by atoms with Gasteiger partial charge in [0.15, 0.2) is 0 Å². The average molecular weight is 324 g/mol. The zero-order valence-corrected chi connectivity index (χ0v) is 13.8. The van der Waals surface area contributed by atoms with Crippen molar-refractivity contribution in [3.8, 4) is 5.75 Å². The molecule has 2 amide bonds. The van der Waals surface area contributed by atoms with Crippen molar-refractivity contribution in [2.24, 2.45) is 0 Å². The molecule has 0 saturated carbocycles. The number of rotatable bonds is 3. The van der Waals surface area contributed by atoms with Gasteiger partial charge in [0.1, 0.15) is 12.3 Å². The third kappa shape index (κ3) is 3.40. The zero-order valence-electron chi connectivity index (χ0n) is 13.8. The van der Waals surface area contributed by atoms with Crippen LogP contribution in [0.5, 0.6) is 5.75 Å². The van der Waals surface area contributed by atoms with Crippen molar-refractivity contribution >= 4 is 23.2 Å². The summed E-state index contributed by atoms with van der Waals surface area (Å²) in [6.45, 7) is 4.24. The Balaban J connectivity index is 1.79. The molecule has 24 heavy (non-hydrogen) atoms. The van der Waals surface area contributed by atoms with Crippen LogP contribution in [-0.2, 0) is 9.59 Å². The van der Waals surface area contributed by atoms with E-state index in [1.54, 1.807) is 6.07 Å². The van der Waals surface area contributed by atoms with Gasteiger partial charge in [-0.15, -0.1) is 0 Å². The van der Waals surface area contributed by atoms with Crippen molar-refractivity contribution in [3.63, 3.8) is 0 Å².